The van der Waals surface area contributed by atoms with Crippen LogP contribution in [0.1, 0.15) is 6.92 Å². The Labute approximate surface area is 196 Å². The highest BCUT2D eigenvalue weighted by molar-refractivity contribution is 7.89. The molecule has 1 heterocycles. The summed E-state index contributed by atoms with van der Waals surface area (Å²) in [7, 11) is -7.38. The molecular weight excluding hydrogens is 490 g/mol. The van der Waals surface area contributed by atoms with E-state index in [9.17, 15) is 21.6 Å². The van der Waals surface area contributed by atoms with Gasteiger partial charge >= 0.3 is 11.9 Å². The quantitative estimate of drug-likeness (QED) is 0.480. The summed E-state index contributed by atoms with van der Waals surface area (Å²) in [5, 5.41) is 17.4. The molecule has 1 aliphatic rings. The molecule has 0 atom stereocenters. The van der Waals surface area contributed by atoms with Crippen LogP contribution in [0.5, 0.6) is 0 Å². The molecular formula is C20H23N3O9S2. The second-order valence-electron chi connectivity index (χ2n) is 6.94. The fourth-order valence-corrected chi connectivity index (χ4v) is 5.82. The third-order valence-electron chi connectivity index (χ3n) is 4.57. The number of benzene rings is 2. The first-order chi connectivity index (χ1) is 15.9. The fourth-order valence-electron chi connectivity index (χ4n) is 2.95. The molecule has 34 heavy (non-hydrogen) atoms. The maximum atomic E-state index is 12.8. The Morgan fingerprint density at radius 1 is 0.706 bits per heavy atom. The number of hydrogen-bond donors (Lipinski definition) is 3. The second kappa shape index (κ2) is 11.2. The van der Waals surface area contributed by atoms with Gasteiger partial charge in [-0.25, -0.2) is 26.4 Å². The molecule has 0 bridgehead atoms. The van der Waals surface area contributed by atoms with Crippen LogP contribution < -0.4 is 5.32 Å². The van der Waals surface area contributed by atoms with Gasteiger partial charge in [0.05, 0.1) is 9.79 Å². The zero-order valence-electron chi connectivity index (χ0n) is 18.0. The second-order valence-corrected chi connectivity index (χ2v) is 10.8. The standard InChI is InChI=1S/C18H21N3O5S2.C2H2O4/c1-15(22)19-16-7-9-18(10-8-16)28(25,26)21-13-11-20(12-14-21)27(23,24)17-5-3-2-4-6-17;3-1(4)2(5)6/h2-10H,11-14H2,1H3,(H,19,22);(H,3,4)(H,5,6). The van der Waals surface area contributed by atoms with E-state index in [1.165, 1.54) is 51.9 Å². The Balaban J connectivity index is 0.000000604. The van der Waals surface area contributed by atoms with Gasteiger partial charge in [0, 0.05) is 38.8 Å². The van der Waals surface area contributed by atoms with Crippen molar-refractivity contribution in [3.63, 3.8) is 0 Å². The summed E-state index contributed by atoms with van der Waals surface area (Å²) in [6, 6.07) is 14.0. The molecule has 184 valence electrons. The van der Waals surface area contributed by atoms with Gasteiger partial charge in [-0.15, -0.1) is 0 Å². The Kier molecular flexibility index (Phi) is 8.86. The van der Waals surface area contributed by atoms with Gasteiger partial charge < -0.3 is 15.5 Å². The zero-order chi connectivity index (χ0) is 25.5. The summed E-state index contributed by atoms with van der Waals surface area (Å²) in [6.07, 6.45) is 0. The number of aliphatic carboxylic acids is 2. The highest BCUT2D eigenvalue weighted by atomic mass is 32.2. The van der Waals surface area contributed by atoms with Crippen molar-refractivity contribution in [1.82, 2.24) is 8.61 Å². The van der Waals surface area contributed by atoms with Crippen molar-refractivity contribution in [2.45, 2.75) is 16.7 Å². The third-order valence-corrected chi connectivity index (χ3v) is 8.40. The van der Waals surface area contributed by atoms with Crippen LogP contribution in [0.4, 0.5) is 5.69 Å². The first-order valence-electron chi connectivity index (χ1n) is 9.75. The van der Waals surface area contributed by atoms with Crippen molar-refractivity contribution < 1.29 is 41.4 Å². The largest absolute Gasteiger partial charge is 0.473 e. The highest BCUT2D eigenvalue weighted by Gasteiger charge is 2.33. The molecule has 1 aliphatic heterocycles. The SMILES string of the molecule is CC(=O)Nc1ccc(S(=O)(=O)N2CCN(S(=O)(=O)c3ccccc3)CC2)cc1.O=C(O)C(=O)O. The Morgan fingerprint density at radius 3 is 1.44 bits per heavy atom. The molecule has 0 aromatic heterocycles. The average molecular weight is 514 g/mol. The minimum atomic E-state index is -3.74. The molecule has 14 heteroatoms. The van der Waals surface area contributed by atoms with Crippen molar-refractivity contribution in [1.29, 1.82) is 0 Å². The number of anilines is 1. The van der Waals surface area contributed by atoms with E-state index in [1.807, 2.05) is 0 Å². The number of rotatable bonds is 5. The Morgan fingerprint density at radius 2 is 1.09 bits per heavy atom. The summed E-state index contributed by atoms with van der Waals surface area (Å²) in [6.45, 7) is 1.68. The molecule has 0 spiro atoms. The first-order valence-corrected chi connectivity index (χ1v) is 12.6. The maximum absolute atomic E-state index is 12.8. The lowest BCUT2D eigenvalue weighted by Crippen LogP contribution is -2.50. The number of piperazine rings is 1. The van der Waals surface area contributed by atoms with E-state index in [4.69, 9.17) is 19.8 Å². The molecule has 0 radical (unpaired) electrons. The topological polar surface area (TPSA) is 178 Å². The predicted octanol–water partition coefficient (Wildman–Crippen LogP) is 0.496. The number of nitrogens with one attached hydrogen (secondary N) is 1. The minimum Gasteiger partial charge on any atom is -0.473 e. The van der Waals surface area contributed by atoms with Crippen LogP contribution in [0.2, 0.25) is 0 Å². The number of carbonyl (C=O) groups is 3. The van der Waals surface area contributed by atoms with Crippen LogP contribution in [-0.2, 0) is 34.4 Å². The molecule has 2 aromatic carbocycles. The lowest BCUT2D eigenvalue weighted by molar-refractivity contribution is -0.159. The number of carbonyl (C=O) groups excluding carboxylic acids is 1. The van der Waals surface area contributed by atoms with Crippen molar-refractivity contribution in [3.05, 3.63) is 54.6 Å². The number of hydrogen-bond acceptors (Lipinski definition) is 7. The molecule has 3 N–H and O–H groups in total. The number of nitrogens with zero attached hydrogens (tertiary/aromatic N) is 2. The van der Waals surface area contributed by atoms with Gasteiger partial charge in [0.1, 0.15) is 0 Å². The van der Waals surface area contributed by atoms with E-state index >= 15 is 0 Å². The van der Waals surface area contributed by atoms with Gasteiger partial charge in [0.25, 0.3) is 0 Å². The normalized spacial score (nSPS) is 15.0. The van der Waals surface area contributed by atoms with Gasteiger partial charge in [-0.3, -0.25) is 4.79 Å². The van der Waals surface area contributed by atoms with Crippen molar-refractivity contribution in [2.75, 3.05) is 31.5 Å². The summed E-state index contributed by atoms with van der Waals surface area (Å²) in [5.41, 5.74) is 0.505. The lowest BCUT2D eigenvalue weighted by Gasteiger charge is -2.33. The molecule has 0 saturated carbocycles. The van der Waals surface area contributed by atoms with E-state index in [2.05, 4.69) is 5.32 Å². The van der Waals surface area contributed by atoms with Gasteiger partial charge in [-0.1, -0.05) is 18.2 Å². The van der Waals surface area contributed by atoms with Crippen LogP contribution in [0.15, 0.2) is 64.4 Å². The van der Waals surface area contributed by atoms with Crippen molar-refractivity contribution in [2.24, 2.45) is 0 Å². The van der Waals surface area contributed by atoms with Crippen LogP contribution in [0, 0.1) is 0 Å². The molecule has 1 fully saturated rings. The fraction of sp³-hybridized carbons (Fsp3) is 0.250. The van der Waals surface area contributed by atoms with Crippen LogP contribution in [-0.4, -0.2) is 79.7 Å². The predicted molar refractivity (Wildman–Crippen MR) is 120 cm³/mol. The number of sulfonamides is 2. The average Bonchev–Trinajstić information content (AvgIpc) is 2.80. The maximum Gasteiger partial charge on any atom is 0.414 e. The van der Waals surface area contributed by atoms with Crippen LogP contribution in [0.3, 0.4) is 0 Å². The minimum absolute atomic E-state index is 0.0713. The summed E-state index contributed by atoms with van der Waals surface area (Å²) in [5.74, 6) is -3.89. The smallest absolute Gasteiger partial charge is 0.414 e. The molecule has 0 aliphatic carbocycles. The highest BCUT2D eigenvalue weighted by Crippen LogP contribution is 2.22. The van der Waals surface area contributed by atoms with E-state index in [0.717, 1.165) is 0 Å². The van der Waals surface area contributed by atoms with Crippen molar-refractivity contribution >= 4 is 43.6 Å². The first kappa shape index (κ1) is 26.9. The number of amides is 1. The molecule has 0 unspecified atom stereocenters. The monoisotopic (exact) mass is 513 g/mol. The lowest BCUT2D eigenvalue weighted by atomic mass is 10.3. The summed E-state index contributed by atoms with van der Waals surface area (Å²) in [4.78, 5) is 29.6. The third kappa shape index (κ3) is 6.84. The number of carboxylic acid groups (broad SMARTS) is 2. The van der Waals surface area contributed by atoms with Gasteiger partial charge in [-0.2, -0.15) is 8.61 Å². The summed E-state index contributed by atoms with van der Waals surface area (Å²) >= 11 is 0. The Bertz CT molecular complexity index is 1230. The Hall–Kier alpha value is -3.33. The van der Waals surface area contributed by atoms with E-state index in [-0.39, 0.29) is 41.9 Å². The van der Waals surface area contributed by atoms with Gasteiger partial charge in [0.15, 0.2) is 0 Å². The molecule has 1 saturated heterocycles. The van der Waals surface area contributed by atoms with E-state index in [1.54, 1.807) is 18.2 Å². The van der Waals surface area contributed by atoms with Crippen LogP contribution >= 0.6 is 0 Å². The molecule has 12 nitrogen and oxygen atoms in total. The van der Waals surface area contributed by atoms with Crippen molar-refractivity contribution in [3.8, 4) is 0 Å². The van der Waals surface area contributed by atoms with E-state index in [0.29, 0.717) is 5.69 Å². The van der Waals surface area contributed by atoms with Gasteiger partial charge in [-0.05, 0) is 36.4 Å². The van der Waals surface area contributed by atoms with E-state index < -0.39 is 32.0 Å². The summed E-state index contributed by atoms with van der Waals surface area (Å²) < 4.78 is 53.5. The number of carboxylic acids is 2. The molecule has 2 aromatic rings. The van der Waals surface area contributed by atoms with Gasteiger partial charge in [0.2, 0.25) is 26.0 Å². The molecule has 3 rings (SSSR count). The zero-order valence-corrected chi connectivity index (χ0v) is 19.6. The molecule has 1 amide bonds. The van der Waals surface area contributed by atoms with Crippen LogP contribution in [0.25, 0.3) is 0 Å².